The van der Waals surface area contributed by atoms with E-state index in [4.69, 9.17) is 44.8 Å². The summed E-state index contributed by atoms with van der Waals surface area (Å²) in [6.45, 7) is 4.80. The molecule has 12 heteroatoms. The van der Waals surface area contributed by atoms with Crippen LogP contribution < -0.4 is 4.74 Å². The second kappa shape index (κ2) is 14.7. The minimum absolute atomic E-state index is 0.0388. The van der Waals surface area contributed by atoms with E-state index in [-0.39, 0.29) is 12.5 Å². The molecule has 4 rings (SSSR count). The van der Waals surface area contributed by atoms with E-state index < -0.39 is 54.4 Å². The van der Waals surface area contributed by atoms with Crippen molar-refractivity contribution in [3.05, 3.63) is 64.2 Å². The zero-order valence-corrected chi connectivity index (χ0v) is 25.2. The second-order valence-electron chi connectivity index (χ2n) is 10.4. The number of carbonyl (C=O) groups is 4. The van der Waals surface area contributed by atoms with E-state index in [0.29, 0.717) is 30.2 Å². The van der Waals surface area contributed by atoms with Crippen LogP contribution in [0.1, 0.15) is 56.4 Å². The molecule has 0 aromatic heterocycles. The van der Waals surface area contributed by atoms with Gasteiger partial charge in [-0.2, -0.15) is 0 Å². The van der Waals surface area contributed by atoms with Gasteiger partial charge in [-0.1, -0.05) is 35.9 Å². The van der Waals surface area contributed by atoms with Crippen LogP contribution >= 0.6 is 11.6 Å². The Morgan fingerprint density at radius 3 is 2.14 bits per heavy atom. The van der Waals surface area contributed by atoms with Gasteiger partial charge in [0, 0.05) is 32.2 Å². The molecule has 0 unspecified atom stereocenters. The first-order chi connectivity index (χ1) is 20.5. The Kier molecular flexibility index (Phi) is 11.0. The highest BCUT2D eigenvalue weighted by atomic mass is 35.5. The Morgan fingerprint density at radius 1 is 0.884 bits per heavy atom. The number of esters is 4. The fourth-order valence-corrected chi connectivity index (χ4v) is 5.37. The topological polar surface area (TPSA) is 133 Å². The van der Waals surface area contributed by atoms with Crippen LogP contribution in [0, 0.1) is 0 Å². The molecule has 0 spiro atoms. The third-order valence-electron chi connectivity index (χ3n) is 7.04. The van der Waals surface area contributed by atoms with Gasteiger partial charge in [-0.25, -0.2) is 0 Å². The fourth-order valence-electron chi connectivity index (χ4n) is 5.19. The lowest BCUT2D eigenvalue weighted by molar-refractivity contribution is -0.250. The summed E-state index contributed by atoms with van der Waals surface area (Å²) in [6, 6.07) is 12.9. The highest BCUT2D eigenvalue weighted by molar-refractivity contribution is 6.31. The van der Waals surface area contributed by atoms with Crippen LogP contribution in [0.4, 0.5) is 0 Å². The molecule has 2 aromatic carbocycles. The molecule has 0 saturated carbocycles. The van der Waals surface area contributed by atoms with Gasteiger partial charge >= 0.3 is 23.9 Å². The Balaban J connectivity index is 1.66. The molecular formula is C31H35ClO11. The minimum Gasteiger partial charge on any atom is -0.488 e. The van der Waals surface area contributed by atoms with E-state index >= 15 is 0 Å². The molecule has 0 radical (unpaired) electrons. The number of carbonyl (C=O) groups excluding carboxylic acids is 4. The number of hydrogen-bond acceptors (Lipinski definition) is 11. The summed E-state index contributed by atoms with van der Waals surface area (Å²) >= 11 is 6.59. The quantitative estimate of drug-likeness (QED) is 0.284. The SMILES string of the molecule is COC(=O)C[C@H]1O[C@@H](c2ccc(Cl)c(Cc3ccc(O[C@H]4CCOC4)cc3)c2)[C@H](OC(C)=O)[C@H](OC(C)=O)[C@@H]1OC(C)=O. The molecule has 2 aliphatic heterocycles. The predicted octanol–water partition coefficient (Wildman–Crippen LogP) is 3.90. The van der Waals surface area contributed by atoms with Crippen LogP contribution in [-0.4, -0.2) is 74.7 Å². The van der Waals surface area contributed by atoms with E-state index in [1.165, 1.54) is 27.9 Å². The van der Waals surface area contributed by atoms with Crippen LogP contribution in [0.3, 0.4) is 0 Å². The molecule has 0 bridgehead atoms. The summed E-state index contributed by atoms with van der Waals surface area (Å²) in [5.41, 5.74) is 2.25. The van der Waals surface area contributed by atoms with Crippen LogP contribution in [0.5, 0.6) is 5.75 Å². The number of rotatable bonds is 10. The number of ether oxygens (including phenoxy) is 7. The van der Waals surface area contributed by atoms with Crippen LogP contribution in [-0.2, 0) is 54.0 Å². The molecule has 2 aromatic rings. The Morgan fingerprint density at radius 2 is 1.53 bits per heavy atom. The standard InChI is InChI=1S/C31H35ClO11/c1-17(33)39-29-26(15-27(36)37-4)43-28(30(40-18(2)34)31(29)41-19(3)35)21-7-10-25(32)22(14-21)13-20-5-8-23(9-6-20)42-24-11-12-38-16-24/h5-10,14,24,26,28-31H,11-13,15-16H2,1-4H3/t24-,26+,28-,29+,30-,31+/m0/s1. The van der Waals surface area contributed by atoms with Gasteiger partial charge in [-0.3, -0.25) is 19.2 Å². The van der Waals surface area contributed by atoms with Gasteiger partial charge in [0.1, 0.15) is 24.1 Å². The Hall–Kier alpha value is -3.67. The maximum atomic E-state index is 12.3. The molecule has 0 amide bonds. The van der Waals surface area contributed by atoms with Gasteiger partial charge < -0.3 is 33.2 Å². The lowest BCUT2D eigenvalue weighted by atomic mass is 9.88. The van der Waals surface area contributed by atoms with E-state index in [2.05, 4.69) is 0 Å². The molecule has 0 aliphatic carbocycles. The second-order valence-corrected chi connectivity index (χ2v) is 10.8. The molecule has 2 saturated heterocycles. The summed E-state index contributed by atoms with van der Waals surface area (Å²) in [5.74, 6) is -1.99. The van der Waals surface area contributed by atoms with Gasteiger partial charge in [0.25, 0.3) is 0 Å². The Bertz CT molecular complexity index is 1310. The lowest BCUT2D eigenvalue weighted by Gasteiger charge is -2.44. The van der Waals surface area contributed by atoms with Gasteiger partial charge in [-0.05, 0) is 41.3 Å². The highest BCUT2D eigenvalue weighted by Crippen LogP contribution is 2.39. The van der Waals surface area contributed by atoms with Crippen molar-refractivity contribution in [1.82, 2.24) is 0 Å². The first kappa shape index (κ1) is 32.2. The van der Waals surface area contributed by atoms with Gasteiger partial charge in [0.15, 0.2) is 18.3 Å². The van der Waals surface area contributed by atoms with E-state index in [1.807, 2.05) is 24.3 Å². The molecule has 2 aliphatic rings. The molecule has 6 atom stereocenters. The molecule has 11 nitrogen and oxygen atoms in total. The summed E-state index contributed by atoms with van der Waals surface area (Å²) in [6.07, 6.45) is -4.84. The minimum atomic E-state index is -1.28. The normalized spacial score (nSPS) is 25.0. The van der Waals surface area contributed by atoms with Crippen molar-refractivity contribution in [1.29, 1.82) is 0 Å². The average molecular weight is 619 g/mol. The van der Waals surface area contributed by atoms with Crippen LogP contribution in [0.25, 0.3) is 0 Å². The van der Waals surface area contributed by atoms with Gasteiger partial charge in [0.2, 0.25) is 0 Å². The monoisotopic (exact) mass is 618 g/mol. The van der Waals surface area contributed by atoms with E-state index in [9.17, 15) is 19.2 Å². The third-order valence-corrected chi connectivity index (χ3v) is 7.41. The smallest absolute Gasteiger partial charge is 0.308 e. The number of halogens is 1. The summed E-state index contributed by atoms with van der Waals surface area (Å²) < 4.78 is 39.0. The van der Waals surface area contributed by atoms with Crippen molar-refractivity contribution in [2.24, 2.45) is 0 Å². The number of hydrogen-bond donors (Lipinski definition) is 0. The summed E-state index contributed by atoms with van der Waals surface area (Å²) in [7, 11) is 1.21. The molecule has 2 fully saturated rings. The van der Waals surface area contributed by atoms with Crippen molar-refractivity contribution in [2.75, 3.05) is 20.3 Å². The first-order valence-electron chi connectivity index (χ1n) is 13.9. The molecule has 0 N–H and O–H groups in total. The maximum Gasteiger partial charge on any atom is 0.308 e. The van der Waals surface area contributed by atoms with Crippen molar-refractivity contribution in [3.63, 3.8) is 0 Å². The van der Waals surface area contributed by atoms with Crippen molar-refractivity contribution in [3.8, 4) is 5.75 Å². The average Bonchev–Trinajstić information content (AvgIpc) is 3.46. The molecular weight excluding hydrogens is 584 g/mol. The largest absolute Gasteiger partial charge is 0.488 e. The fraction of sp³-hybridized carbons (Fsp3) is 0.484. The molecule has 2 heterocycles. The van der Waals surface area contributed by atoms with Crippen molar-refractivity contribution in [2.45, 2.75) is 76.7 Å². The summed E-state index contributed by atoms with van der Waals surface area (Å²) in [4.78, 5) is 48.7. The zero-order valence-electron chi connectivity index (χ0n) is 24.4. The van der Waals surface area contributed by atoms with Gasteiger partial charge in [0.05, 0.1) is 26.7 Å². The predicted molar refractivity (Wildman–Crippen MR) is 151 cm³/mol. The highest BCUT2D eigenvalue weighted by Gasteiger charge is 2.52. The first-order valence-corrected chi connectivity index (χ1v) is 14.3. The van der Waals surface area contributed by atoms with Gasteiger partial charge in [-0.15, -0.1) is 0 Å². The lowest BCUT2D eigenvalue weighted by Crippen LogP contribution is -2.58. The van der Waals surface area contributed by atoms with E-state index in [0.717, 1.165) is 23.3 Å². The Labute approximate surface area is 254 Å². The summed E-state index contributed by atoms with van der Waals surface area (Å²) in [5, 5.41) is 0.493. The molecule has 232 valence electrons. The van der Waals surface area contributed by atoms with Crippen LogP contribution in [0.15, 0.2) is 42.5 Å². The van der Waals surface area contributed by atoms with Crippen molar-refractivity contribution < 1.29 is 52.3 Å². The van der Waals surface area contributed by atoms with Crippen molar-refractivity contribution >= 4 is 35.5 Å². The number of benzene rings is 2. The maximum absolute atomic E-state index is 12.3. The molecule has 43 heavy (non-hydrogen) atoms. The zero-order chi connectivity index (χ0) is 31.1. The third kappa shape index (κ3) is 8.68. The number of methoxy groups -OCH3 is 1. The van der Waals surface area contributed by atoms with Crippen LogP contribution in [0.2, 0.25) is 5.02 Å². The van der Waals surface area contributed by atoms with E-state index in [1.54, 1.807) is 18.2 Å².